The van der Waals surface area contributed by atoms with Crippen molar-refractivity contribution in [3.8, 4) is 0 Å². The van der Waals surface area contributed by atoms with E-state index in [9.17, 15) is 0 Å². The number of anilines is 1. The molecular weight excluding hydrogens is 272 g/mol. The summed E-state index contributed by atoms with van der Waals surface area (Å²) in [5.74, 6) is 0. The zero-order valence-electron chi connectivity index (χ0n) is 11.4. The van der Waals surface area contributed by atoms with Gasteiger partial charge in [0.15, 0.2) is 0 Å². The zero-order valence-corrected chi connectivity index (χ0v) is 12.2. The molecule has 0 spiro atoms. The van der Waals surface area contributed by atoms with Gasteiger partial charge in [-0.3, -0.25) is 0 Å². The summed E-state index contributed by atoms with van der Waals surface area (Å²) in [5, 5.41) is 18.0. The number of imidazole rings is 1. The second-order valence-corrected chi connectivity index (χ2v) is 5.83. The maximum atomic E-state index is 9.15. The lowest BCUT2D eigenvalue weighted by Crippen LogP contribution is -2.05. The van der Waals surface area contributed by atoms with Gasteiger partial charge in [0.25, 0.3) is 0 Å². The molecule has 0 amide bonds. The number of benzene rings is 1. The lowest BCUT2D eigenvalue weighted by molar-refractivity contribution is 0.282. The van der Waals surface area contributed by atoms with E-state index in [0.717, 1.165) is 32.6 Å². The molecule has 0 radical (unpaired) electrons. The predicted molar refractivity (Wildman–Crippen MR) is 80.0 cm³/mol. The van der Waals surface area contributed by atoms with E-state index >= 15 is 0 Å². The molecule has 20 heavy (non-hydrogen) atoms. The molecule has 0 aliphatic rings. The summed E-state index contributed by atoms with van der Waals surface area (Å²) < 4.78 is 1.90. The van der Waals surface area contributed by atoms with E-state index in [1.165, 1.54) is 0 Å². The summed E-state index contributed by atoms with van der Waals surface area (Å²) in [6.07, 6.45) is 0. The first-order valence-electron chi connectivity index (χ1n) is 6.42. The van der Waals surface area contributed by atoms with E-state index in [-0.39, 0.29) is 6.61 Å². The smallest absolute Gasteiger partial charge is 0.212 e. The Morgan fingerprint density at radius 2 is 2.20 bits per heavy atom. The molecular formula is C14H16N4OS. The summed E-state index contributed by atoms with van der Waals surface area (Å²) in [6.45, 7) is 4.69. The predicted octanol–water partition coefficient (Wildman–Crippen LogP) is 2.51. The monoisotopic (exact) mass is 288 g/mol. The van der Waals surface area contributed by atoms with Crippen LogP contribution in [0.1, 0.15) is 22.0 Å². The summed E-state index contributed by atoms with van der Waals surface area (Å²) in [6, 6.07) is 7.76. The van der Waals surface area contributed by atoms with E-state index in [1.807, 2.05) is 42.6 Å². The Morgan fingerprint density at radius 1 is 1.35 bits per heavy atom. The van der Waals surface area contributed by atoms with Crippen LogP contribution in [-0.4, -0.2) is 19.7 Å². The molecule has 3 rings (SSSR count). The third-order valence-electron chi connectivity index (χ3n) is 3.17. The van der Waals surface area contributed by atoms with Crippen molar-refractivity contribution in [2.24, 2.45) is 0 Å². The molecule has 0 atom stereocenters. The Balaban J connectivity index is 1.84. The molecule has 0 saturated heterocycles. The van der Waals surface area contributed by atoms with Crippen LogP contribution in [0.5, 0.6) is 0 Å². The van der Waals surface area contributed by atoms with Crippen LogP contribution in [-0.2, 0) is 13.2 Å². The normalized spacial score (nSPS) is 11.2. The van der Waals surface area contributed by atoms with Gasteiger partial charge in [0.2, 0.25) is 4.96 Å². The fourth-order valence-corrected chi connectivity index (χ4v) is 2.96. The second-order valence-electron chi connectivity index (χ2n) is 4.67. The highest BCUT2D eigenvalue weighted by molar-refractivity contribution is 7.16. The number of nitrogens with zero attached hydrogens (tertiary/aromatic N) is 3. The number of aromatic nitrogens is 3. The van der Waals surface area contributed by atoms with E-state index in [4.69, 9.17) is 5.11 Å². The topological polar surface area (TPSA) is 62.5 Å². The molecule has 2 heterocycles. The van der Waals surface area contributed by atoms with Gasteiger partial charge in [-0.05, 0) is 31.5 Å². The van der Waals surface area contributed by atoms with Crippen LogP contribution in [0.3, 0.4) is 0 Å². The highest BCUT2D eigenvalue weighted by atomic mass is 32.1. The van der Waals surface area contributed by atoms with Crippen molar-refractivity contribution >= 4 is 22.0 Å². The summed E-state index contributed by atoms with van der Waals surface area (Å²) in [5.41, 5.74) is 3.95. The number of nitrogens with one attached hydrogen (secondary N) is 1. The number of hydrogen-bond donors (Lipinski definition) is 2. The second kappa shape index (κ2) is 5.22. The van der Waals surface area contributed by atoms with Crippen molar-refractivity contribution in [3.63, 3.8) is 0 Å². The van der Waals surface area contributed by atoms with Crippen molar-refractivity contribution in [2.45, 2.75) is 27.0 Å². The SMILES string of the molecule is Cc1nn2c(CNc3cccc(CO)c3)c(C)nc2s1. The van der Waals surface area contributed by atoms with Crippen molar-refractivity contribution in [1.82, 2.24) is 14.6 Å². The maximum absolute atomic E-state index is 9.15. The molecule has 0 bridgehead atoms. The van der Waals surface area contributed by atoms with E-state index < -0.39 is 0 Å². The van der Waals surface area contributed by atoms with Gasteiger partial charge >= 0.3 is 0 Å². The Labute approximate surface area is 120 Å². The van der Waals surface area contributed by atoms with Crippen LogP contribution < -0.4 is 5.32 Å². The van der Waals surface area contributed by atoms with Crippen LogP contribution in [0.25, 0.3) is 4.96 Å². The largest absolute Gasteiger partial charge is 0.392 e. The van der Waals surface area contributed by atoms with E-state index in [2.05, 4.69) is 15.4 Å². The van der Waals surface area contributed by atoms with Crippen LogP contribution in [0.2, 0.25) is 0 Å². The highest BCUT2D eigenvalue weighted by Gasteiger charge is 2.12. The molecule has 0 aliphatic carbocycles. The fourth-order valence-electron chi connectivity index (χ4n) is 2.15. The summed E-state index contributed by atoms with van der Waals surface area (Å²) >= 11 is 1.59. The van der Waals surface area contributed by atoms with Crippen LogP contribution in [0.15, 0.2) is 24.3 Å². The van der Waals surface area contributed by atoms with Crippen LogP contribution in [0, 0.1) is 13.8 Å². The molecule has 3 aromatic rings. The zero-order chi connectivity index (χ0) is 14.1. The highest BCUT2D eigenvalue weighted by Crippen LogP contribution is 2.19. The number of aliphatic hydroxyl groups is 1. The van der Waals surface area contributed by atoms with Gasteiger partial charge in [0, 0.05) is 5.69 Å². The fraction of sp³-hybridized carbons (Fsp3) is 0.286. The van der Waals surface area contributed by atoms with Crippen LogP contribution in [0.4, 0.5) is 5.69 Å². The molecule has 0 fully saturated rings. The van der Waals surface area contributed by atoms with Crippen molar-refractivity contribution < 1.29 is 5.11 Å². The molecule has 2 aromatic heterocycles. The average molecular weight is 288 g/mol. The quantitative estimate of drug-likeness (QED) is 0.774. The average Bonchev–Trinajstić information content (AvgIpc) is 2.92. The molecule has 0 saturated carbocycles. The molecule has 0 aliphatic heterocycles. The van der Waals surface area contributed by atoms with Crippen molar-refractivity contribution in [1.29, 1.82) is 0 Å². The van der Waals surface area contributed by atoms with Gasteiger partial charge in [0.1, 0.15) is 5.01 Å². The maximum Gasteiger partial charge on any atom is 0.212 e. The Bertz CT molecular complexity index is 747. The Morgan fingerprint density at radius 3 is 3.00 bits per heavy atom. The van der Waals surface area contributed by atoms with Crippen molar-refractivity contribution in [2.75, 3.05) is 5.32 Å². The van der Waals surface area contributed by atoms with Gasteiger partial charge in [-0.15, -0.1) is 0 Å². The van der Waals surface area contributed by atoms with Crippen LogP contribution >= 0.6 is 11.3 Å². The number of aryl methyl sites for hydroxylation is 2. The lowest BCUT2D eigenvalue weighted by atomic mass is 10.2. The Hall–Kier alpha value is -1.92. The molecule has 6 heteroatoms. The van der Waals surface area contributed by atoms with Gasteiger partial charge in [-0.25, -0.2) is 9.50 Å². The third kappa shape index (κ3) is 2.39. The minimum absolute atomic E-state index is 0.0523. The number of fused-ring (bicyclic) bond motifs is 1. The van der Waals surface area contributed by atoms with Gasteiger partial charge in [-0.1, -0.05) is 23.5 Å². The number of aliphatic hydroxyl groups excluding tert-OH is 1. The van der Waals surface area contributed by atoms with E-state index in [0.29, 0.717) is 6.54 Å². The van der Waals surface area contributed by atoms with Gasteiger partial charge in [0.05, 0.1) is 24.5 Å². The first-order chi connectivity index (χ1) is 9.67. The first kappa shape index (κ1) is 13.1. The summed E-state index contributed by atoms with van der Waals surface area (Å²) in [7, 11) is 0. The Kier molecular flexibility index (Phi) is 3.42. The van der Waals surface area contributed by atoms with Gasteiger partial charge in [-0.2, -0.15) is 5.10 Å². The molecule has 104 valence electrons. The third-order valence-corrected chi connectivity index (χ3v) is 3.99. The first-order valence-corrected chi connectivity index (χ1v) is 7.24. The molecule has 1 aromatic carbocycles. The molecule has 2 N–H and O–H groups in total. The molecule has 5 nitrogen and oxygen atoms in total. The van der Waals surface area contributed by atoms with Gasteiger partial charge < -0.3 is 10.4 Å². The molecule has 0 unspecified atom stereocenters. The lowest BCUT2D eigenvalue weighted by Gasteiger charge is -2.07. The van der Waals surface area contributed by atoms with E-state index in [1.54, 1.807) is 11.3 Å². The standard InChI is InChI=1S/C14H16N4OS/c1-9-13(18-14(16-9)20-10(2)17-18)7-15-12-5-3-4-11(6-12)8-19/h3-6,15,19H,7-8H2,1-2H3. The minimum Gasteiger partial charge on any atom is -0.392 e. The minimum atomic E-state index is 0.0523. The number of hydrogen-bond acceptors (Lipinski definition) is 5. The van der Waals surface area contributed by atoms with Crippen molar-refractivity contribution in [3.05, 3.63) is 46.2 Å². The summed E-state index contributed by atoms with van der Waals surface area (Å²) in [4.78, 5) is 5.45. The number of rotatable bonds is 4.